The van der Waals surface area contributed by atoms with Gasteiger partial charge in [-0.05, 0) is 0 Å². The van der Waals surface area contributed by atoms with Crippen LogP contribution in [0, 0.1) is 0 Å². The van der Waals surface area contributed by atoms with Crippen molar-refractivity contribution in [3.05, 3.63) is 0 Å². The molecular formula is H4AsCuFeO12SSb. The van der Waals surface area contributed by atoms with E-state index >= 15 is 0 Å². The third-order valence-corrected chi connectivity index (χ3v) is 0. The van der Waals surface area contributed by atoms with Crippen LogP contribution in [0.2, 0.25) is 0 Å². The van der Waals surface area contributed by atoms with E-state index in [0.29, 0.717) is 0 Å². The Morgan fingerprint density at radius 3 is 1.06 bits per heavy atom. The summed E-state index contributed by atoms with van der Waals surface area (Å²) in [5.41, 5.74) is 0. The van der Waals surface area contributed by atoms with Gasteiger partial charge in [0.15, 0.2) is 0 Å². The first-order valence-electron chi connectivity index (χ1n) is 2.20. The fraction of sp³-hybridized carbons (Fsp3) is 0. The molecule has 0 heterocycles. The molecule has 0 aliphatic carbocycles. The molecule has 0 bridgehead atoms. The summed E-state index contributed by atoms with van der Waals surface area (Å²) in [5, 5.41) is 0. The van der Waals surface area contributed by atoms with Gasteiger partial charge >= 0.3 is 97.9 Å². The summed E-state index contributed by atoms with van der Waals surface area (Å²) in [4.78, 5) is 0. The summed E-state index contributed by atoms with van der Waals surface area (Å²) in [5.74, 6) is 0. The van der Waals surface area contributed by atoms with E-state index < -0.39 is 45.0 Å². The maximum absolute atomic E-state index is 8.94. The van der Waals surface area contributed by atoms with Gasteiger partial charge < -0.3 is 9.11 Å². The Balaban J connectivity index is -0.0000000400. The number of hydrogen-bond acceptors (Lipinski definition) is 8. The molecule has 0 aromatic heterocycles. The first kappa shape index (κ1) is 31.2. The third-order valence-electron chi connectivity index (χ3n) is 0. The van der Waals surface area contributed by atoms with E-state index in [0.717, 1.165) is 0 Å². The standard InChI is InChI=1S/AsH3O4.Cu.Fe.H2O4S.H2O.3O.Sb/c2-1(3,4)5;;;1-5(2,3)4;;;;;/h(H3,2,3,4,5);;;(H2,1,2,3,4);1H2;;;;/q;2*+2;;;;2*-1;+1/p-3. The van der Waals surface area contributed by atoms with Crippen molar-refractivity contribution in [1.29, 1.82) is 0 Å². The van der Waals surface area contributed by atoms with E-state index in [-0.39, 0.29) is 34.1 Å². The Bertz CT molecular complexity index is 291. The Hall–Kier alpha value is 1.65. The Morgan fingerprint density at radius 2 is 1.06 bits per heavy atom. The number of rotatable bonds is 0. The van der Waals surface area contributed by atoms with Gasteiger partial charge in [0.2, 0.25) is 0 Å². The fourth-order valence-electron chi connectivity index (χ4n) is 0. The molecule has 4 N–H and O–H groups in total. The van der Waals surface area contributed by atoms with Crippen LogP contribution in [0.1, 0.15) is 0 Å². The van der Waals surface area contributed by atoms with Gasteiger partial charge in [-0.2, -0.15) is 0 Å². The van der Waals surface area contributed by atoms with Gasteiger partial charge in [-0.15, -0.1) is 0 Å². The van der Waals surface area contributed by atoms with Gasteiger partial charge in [0, 0.05) is 10.4 Å². The Kier molecular flexibility index (Phi) is 23.2. The van der Waals surface area contributed by atoms with Crippen molar-refractivity contribution in [2.75, 3.05) is 0 Å². The van der Waals surface area contributed by atoms with Gasteiger partial charge in [-0.25, -0.2) is 0 Å². The first-order chi connectivity index (χ1) is 6.00. The van der Waals surface area contributed by atoms with E-state index in [1.807, 2.05) is 0 Å². The zero-order valence-electron chi connectivity index (χ0n) is 7.01. The van der Waals surface area contributed by atoms with E-state index in [1.54, 1.807) is 0 Å². The second kappa shape index (κ2) is 12.7. The van der Waals surface area contributed by atoms with Gasteiger partial charge in [-0.1, -0.05) is 0 Å². The summed E-state index contributed by atoms with van der Waals surface area (Å²) in [6.45, 7) is 0. The van der Waals surface area contributed by atoms with Gasteiger partial charge in [-0.3, -0.25) is 8.42 Å². The zero-order chi connectivity index (χ0) is 13.5. The van der Waals surface area contributed by atoms with Crippen LogP contribution in [0.3, 0.4) is 0 Å². The van der Waals surface area contributed by atoms with Crippen LogP contribution in [0.4, 0.5) is 0 Å². The zero-order valence-corrected chi connectivity index (χ0v) is 14.3. The van der Waals surface area contributed by atoms with Crippen LogP contribution in [0.5, 0.6) is 0 Å². The van der Waals surface area contributed by atoms with Crippen LogP contribution >= 0.6 is 0 Å². The van der Waals surface area contributed by atoms with Gasteiger partial charge in [0.25, 0.3) is 0 Å². The van der Waals surface area contributed by atoms with Crippen LogP contribution < -0.4 is 6.77 Å². The van der Waals surface area contributed by atoms with Crippen molar-refractivity contribution in [2.45, 2.75) is 0 Å². The average Bonchev–Trinajstić information content (AvgIpc) is 1.41. The van der Waals surface area contributed by atoms with Crippen molar-refractivity contribution >= 4 is 45.0 Å². The van der Waals surface area contributed by atoms with E-state index in [2.05, 4.69) is 0 Å². The van der Waals surface area contributed by atoms with Crippen molar-refractivity contribution in [1.82, 2.24) is 0 Å². The monoisotopic (exact) mass is 543 g/mol. The quantitative estimate of drug-likeness (QED) is 0.126. The minimum atomic E-state index is -5.85. The molecule has 0 fully saturated rings. The van der Waals surface area contributed by atoms with Crippen LogP contribution in [-0.4, -0.2) is 67.8 Å². The molecule has 0 rings (SSSR count). The van der Waals surface area contributed by atoms with Crippen molar-refractivity contribution < 1.29 is 80.9 Å². The van der Waals surface area contributed by atoms with Gasteiger partial charge in [0.05, 0.1) is 0 Å². The summed E-state index contributed by atoms with van der Waals surface area (Å²) >= 11 is -11.0. The van der Waals surface area contributed by atoms with Crippen LogP contribution in [0.15, 0.2) is 0 Å². The molecule has 111 valence electrons. The molecule has 17 heavy (non-hydrogen) atoms. The molecule has 1 radical (unpaired) electrons. The molecule has 0 spiro atoms. The van der Waals surface area contributed by atoms with E-state index in [9.17, 15) is 0 Å². The van der Waals surface area contributed by atoms with E-state index in [4.69, 9.17) is 46.7 Å². The second-order valence-corrected chi connectivity index (χ2v) is 7.03. The molecule has 0 amide bonds. The maximum atomic E-state index is 8.94. The van der Waals surface area contributed by atoms with Crippen LogP contribution in [0.25, 0.3) is 0 Å². The number of hydrogen-bond donors (Lipinski definition) is 4. The second-order valence-electron chi connectivity index (χ2n) is 1.39. The molecule has 0 unspecified atom stereocenters. The molecule has 12 nitrogen and oxygen atoms in total. The molecule has 0 aromatic rings. The molecular weight excluding hydrogens is 540 g/mol. The summed E-state index contributed by atoms with van der Waals surface area (Å²) in [6.07, 6.45) is 0. The summed E-state index contributed by atoms with van der Waals surface area (Å²) < 4.78 is 98.1. The molecule has 0 atom stereocenters. The Morgan fingerprint density at radius 1 is 1.06 bits per heavy atom. The summed E-state index contributed by atoms with van der Waals surface area (Å²) in [6, 6.07) is 0. The average molecular weight is 544 g/mol. The molecule has 0 saturated carbocycles. The van der Waals surface area contributed by atoms with Gasteiger partial charge in [0.1, 0.15) is 0 Å². The van der Waals surface area contributed by atoms with Crippen molar-refractivity contribution in [3.63, 3.8) is 0 Å². The van der Waals surface area contributed by atoms with Crippen molar-refractivity contribution in [3.8, 4) is 0 Å². The fourth-order valence-corrected chi connectivity index (χ4v) is 0. The van der Waals surface area contributed by atoms with Crippen LogP contribution in [-0.2, 0) is 51.3 Å². The first-order valence-corrected chi connectivity index (χ1v) is 11.1. The molecule has 17 heteroatoms. The molecule has 0 saturated heterocycles. The predicted molar refractivity (Wildman–Crippen MR) is 32.2 cm³/mol. The molecule has 0 aliphatic heterocycles. The van der Waals surface area contributed by atoms with Crippen molar-refractivity contribution in [2.24, 2.45) is 0 Å². The normalized spacial score (nSPS) is 10.4. The third kappa shape index (κ3) is 1600. The Labute approximate surface area is 125 Å². The predicted octanol–water partition coefficient (Wildman–Crippen LogP) is -6.95. The molecule has 0 aliphatic rings. The summed E-state index contributed by atoms with van der Waals surface area (Å²) in [7, 11) is -5.17. The van der Waals surface area contributed by atoms with E-state index in [1.165, 1.54) is 0 Å². The SMILES string of the molecule is O=S(=O)([O-])[O-].O=[As](O)(O)O.[Cu+2].[Fe+2].[O]=[Sb]([O-])([O-])[OH]. The molecule has 0 aromatic carbocycles. The minimum absolute atomic E-state index is 0. The topological polar surface area (TPSA) is 241 Å².